The molecule has 0 unspecified atom stereocenters. The molecule has 0 bridgehead atoms. The lowest BCUT2D eigenvalue weighted by Crippen LogP contribution is -2.23. The summed E-state index contributed by atoms with van der Waals surface area (Å²) in [5, 5.41) is 14.0. The number of methoxy groups -OCH3 is 1. The minimum absolute atomic E-state index is 0.0620. The molecular formula is C22H22N4O5. The van der Waals surface area contributed by atoms with Crippen molar-refractivity contribution < 1.29 is 19.2 Å². The summed E-state index contributed by atoms with van der Waals surface area (Å²) in [5.74, 6) is 1.59. The zero-order valence-corrected chi connectivity index (χ0v) is 17.4. The summed E-state index contributed by atoms with van der Waals surface area (Å²) in [6.07, 6.45) is 1.66. The van der Waals surface area contributed by atoms with Crippen LogP contribution in [-0.2, 0) is 6.54 Å². The molecule has 31 heavy (non-hydrogen) atoms. The molecule has 0 saturated carbocycles. The number of nitrogens with zero attached hydrogens (tertiary/aromatic N) is 3. The zero-order chi connectivity index (χ0) is 22.4. The first-order valence-corrected chi connectivity index (χ1v) is 9.38. The second-order valence-electron chi connectivity index (χ2n) is 6.81. The Hall–Kier alpha value is -4.14. The van der Waals surface area contributed by atoms with Gasteiger partial charge in [-0.1, -0.05) is 0 Å². The molecule has 160 valence electrons. The van der Waals surface area contributed by atoms with Crippen molar-refractivity contribution >= 4 is 17.4 Å². The Balaban J connectivity index is 1.82. The first-order valence-electron chi connectivity index (χ1n) is 9.38. The van der Waals surface area contributed by atoms with Gasteiger partial charge in [-0.05, 0) is 48.0 Å². The predicted octanol–water partition coefficient (Wildman–Crippen LogP) is 3.79. The van der Waals surface area contributed by atoms with Gasteiger partial charge in [0.05, 0.1) is 17.6 Å². The number of nitro groups is 1. The lowest BCUT2D eigenvalue weighted by atomic mass is 10.1. The fourth-order valence-corrected chi connectivity index (χ4v) is 2.76. The Bertz CT molecular complexity index is 1080. The summed E-state index contributed by atoms with van der Waals surface area (Å²) in [6.45, 7) is 0.229. The largest absolute Gasteiger partial charge is 0.497 e. The topological polar surface area (TPSA) is 107 Å². The summed E-state index contributed by atoms with van der Waals surface area (Å²) in [6, 6.07) is 14.3. The lowest BCUT2D eigenvalue weighted by Gasteiger charge is -2.14. The van der Waals surface area contributed by atoms with Crippen molar-refractivity contribution in [3.8, 4) is 17.2 Å². The number of pyridine rings is 1. The third-order valence-corrected chi connectivity index (χ3v) is 4.43. The van der Waals surface area contributed by atoms with E-state index in [1.165, 1.54) is 18.2 Å². The average molecular weight is 422 g/mol. The maximum atomic E-state index is 12.9. The molecule has 3 aromatic rings. The third kappa shape index (κ3) is 5.47. The number of anilines is 1. The van der Waals surface area contributed by atoms with Gasteiger partial charge in [-0.3, -0.25) is 14.9 Å². The second-order valence-corrected chi connectivity index (χ2v) is 6.81. The van der Waals surface area contributed by atoms with Gasteiger partial charge >= 0.3 is 0 Å². The minimum atomic E-state index is -0.555. The van der Waals surface area contributed by atoms with E-state index in [0.29, 0.717) is 11.5 Å². The van der Waals surface area contributed by atoms with Crippen LogP contribution in [0.3, 0.4) is 0 Å². The summed E-state index contributed by atoms with van der Waals surface area (Å²) >= 11 is 0. The Morgan fingerprint density at radius 1 is 1.10 bits per heavy atom. The molecule has 1 heterocycles. The molecule has 0 aliphatic rings. The number of nitrogens with one attached hydrogen (secondary N) is 1. The number of nitro benzene ring substituents is 1. The second kappa shape index (κ2) is 9.57. The van der Waals surface area contributed by atoms with Gasteiger partial charge in [-0.2, -0.15) is 0 Å². The van der Waals surface area contributed by atoms with Gasteiger partial charge in [0.25, 0.3) is 11.6 Å². The number of ether oxygens (including phenoxy) is 2. The first-order chi connectivity index (χ1) is 14.9. The van der Waals surface area contributed by atoms with E-state index in [1.807, 2.05) is 25.1 Å². The molecule has 9 nitrogen and oxygen atoms in total. The molecule has 1 N–H and O–H groups in total. The molecule has 1 amide bonds. The summed E-state index contributed by atoms with van der Waals surface area (Å²) in [7, 11) is 5.30. The summed E-state index contributed by atoms with van der Waals surface area (Å²) in [4.78, 5) is 29.6. The molecule has 3 rings (SSSR count). The van der Waals surface area contributed by atoms with E-state index in [0.717, 1.165) is 11.4 Å². The number of rotatable bonds is 8. The van der Waals surface area contributed by atoms with Crippen molar-refractivity contribution in [2.75, 3.05) is 26.1 Å². The molecule has 0 aliphatic heterocycles. The fraction of sp³-hybridized carbons (Fsp3) is 0.182. The Morgan fingerprint density at radius 2 is 1.81 bits per heavy atom. The van der Waals surface area contributed by atoms with E-state index < -0.39 is 10.8 Å². The highest BCUT2D eigenvalue weighted by molar-refractivity contribution is 5.97. The Morgan fingerprint density at radius 3 is 2.45 bits per heavy atom. The van der Waals surface area contributed by atoms with Crippen molar-refractivity contribution in [3.05, 3.63) is 82.0 Å². The van der Waals surface area contributed by atoms with Gasteiger partial charge < -0.3 is 19.7 Å². The molecule has 0 spiro atoms. The van der Waals surface area contributed by atoms with Crippen LogP contribution >= 0.6 is 0 Å². The number of non-ortho nitro benzene ring substituents is 1. The monoisotopic (exact) mass is 422 g/mol. The van der Waals surface area contributed by atoms with E-state index in [-0.39, 0.29) is 23.5 Å². The molecule has 0 saturated heterocycles. The van der Waals surface area contributed by atoms with Crippen molar-refractivity contribution in [2.45, 2.75) is 6.54 Å². The van der Waals surface area contributed by atoms with Crippen molar-refractivity contribution in [2.24, 2.45) is 0 Å². The van der Waals surface area contributed by atoms with Crippen LogP contribution in [0.15, 0.2) is 60.8 Å². The van der Waals surface area contributed by atoms with Crippen LogP contribution in [0, 0.1) is 10.1 Å². The van der Waals surface area contributed by atoms with Gasteiger partial charge in [0.15, 0.2) is 0 Å². The van der Waals surface area contributed by atoms with Crippen LogP contribution in [0.2, 0.25) is 0 Å². The Kier molecular flexibility index (Phi) is 6.66. The number of hydrogen-bond donors (Lipinski definition) is 1. The summed E-state index contributed by atoms with van der Waals surface area (Å²) in [5.41, 5.74) is 0.702. The number of hydrogen-bond acceptors (Lipinski definition) is 7. The van der Waals surface area contributed by atoms with Gasteiger partial charge in [-0.15, -0.1) is 0 Å². The van der Waals surface area contributed by atoms with Gasteiger partial charge in [-0.25, -0.2) is 4.98 Å². The number of aromatic nitrogens is 1. The van der Waals surface area contributed by atoms with Gasteiger partial charge in [0.2, 0.25) is 0 Å². The highest BCUT2D eigenvalue weighted by atomic mass is 16.6. The van der Waals surface area contributed by atoms with E-state index in [1.54, 1.807) is 43.6 Å². The van der Waals surface area contributed by atoms with Crippen molar-refractivity contribution in [1.82, 2.24) is 10.3 Å². The molecule has 0 aliphatic carbocycles. The van der Waals surface area contributed by atoms with E-state index >= 15 is 0 Å². The predicted molar refractivity (Wildman–Crippen MR) is 116 cm³/mol. The smallest absolute Gasteiger partial charge is 0.270 e. The highest BCUT2D eigenvalue weighted by Gasteiger charge is 2.18. The van der Waals surface area contributed by atoms with Crippen LogP contribution in [0.5, 0.6) is 17.2 Å². The minimum Gasteiger partial charge on any atom is -0.497 e. The summed E-state index contributed by atoms with van der Waals surface area (Å²) < 4.78 is 10.9. The van der Waals surface area contributed by atoms with E-state index in [4.69, 9.17) is 9.47 Å². The zero-order valence-electron chi connectivity index (χ0n) is 17.4. The number of carbonyl (C=O) groups is 1. The third-order valence-electron chi connectivity index (χ3n) is 4.43. The van der Waals surface area contributed by atoms with Crippen LogP contribution < -0.4 is 19.7 Å². The van der Waals surface area contributed by atoms with Crippen molar-refractivity contribution in [1.29, 1.82) is 0 Å². The fourth-order valence-electron chi connectivity index (χ4n) is 2.76. The lowest BCUT2D eigenvalue weighted by molar-refractivity contribution is -0.384. The molecule has 0 atom stereocenters. The van der Waals surface area contributed by atoms with Gasteiger partial charge in [0.1, 0.15) is 23.1 Å². The first kappa shape index (κ1) is 21.6. The highest BCUT2D eigenvalue weighted by Crippen LogP contribution is 2.30. The van der Waals surface area contributed by atoms with Crippen LogP contribution in [0.4, 0.5) is 11.5 Å². The van der Waals surface area contributed by atoms with Crippen molar-refractivity contribution in [3.63, 3.8) is 0 Å². The van der Waals surface area contributed by atoms with E-state index in [9.17, 15) is 14.9 Å². The van der Waals surface area contributed by atoms with E-state index in [2.05, 4.69) is 10.3 Å². The van der Waals surface area contributed by atoms with Crippen LogP contribution in [-0.4, -0.2) is 37.0 Å². The SMILES string of the molecule is COc1ccc(Oc2ccc([N+](=O)[O-])cc2C(=O)NCc2ccnc(N(C)C)c2)cc1. The van der Waals surface area contributed by atoms with Crippen LogP contribution in [0.25, 0.3) is 0 Å². The number of benzene rings is 2. The molecule has 2 aromatic carbocycles. The number of amides is 1. The quantitative estimate of drug-likeness (QED) is 0.435. The maximum absolute atomic E-state index is 12.9. The maximum Gasteiger partial charge on any atom is 0.270 e. The molecule has 1 aromatic heterocycles. The Labute approximate surface area is 179 Å². The number of carbonyl (C=O) groups excluding carboxylic acids is 1. The molecule has 9 heteroatoms. The van der Waals surface area contributed by atoms with Crippen LogP contribution in [0.1, 0.15) is 15.9 Å². The molecular weight excluding hydrogens is 400 g/mol. The molecule has 0 radical (unpaired) electrons. The van der Waals surface area contributed by atoms with Gasteiger partial charge in [0, 0.05) is 39.0 Å². The molecule has 0 fully saturated rings. The average Bonchev–Trinajstić information content (AvgIpc) is 2.78. The standard InChI is InChI=1S/C22H22N4O5/c1-25(2)21-12-15(10-11-23-21)14-24-22(27)19-13-16(26(28)29)4-9-20(19)31-18-7-5-17(30-3)6-8-18/h4-13H,14H2,1-3H3,(H,24,27). The normalized spacial score (nSPS) is 10.3.